The van der Waals surface area contributed by atoms with E-state index in [1.54, 1.807) is 6.07 Å². The van der Waals surface area contributed by atoms with Gasteiger partial charge in [0.1, 0.15) is 11.3 Å². The lowest BCUT2D eigenvalue weighted by molar-refractivity contribution is -0.141. The molecule has 0 amide bonds. The zero-order valence-electron chi connectivity index (χ0n) is 12.7. The number of alkyl halides is 3. The summed E-state index contributed by atoms with van der Waals surface area (Å²) in [4.78, 5) is 19.2. The van der Waals surface area contributed by atoms with Crippen LogP contribution in [0.3, 0.4) is 0 Å². The molecule has 6 nitrogen and oxygen atoms in total. The van der Waals surface area contributed by atoms with Gasteiger partial charge in [-0.05, 0) is 33.8 Å². The molecule has 3 N–H and O–H groups in total. The van der Waals surface area contributed by atoms with E-state index in [4.69, 9.17) is 5.11 Å². The summed E-state index contributed by atoms with van der Waals surface area (Å²) >= 11 is 4.75. The van der Waals surface area contributed by atoms with Crippen LogP contribution in [0.2, 0.25) is 0 Å². The third-order valence-corrected chi connectivity index (χ3v) is 4.20. The second-order valence-corrected chi connectivity index (χ2v) is 6.82. The molecule has 0 aliphatic heterocycles. The number of nitrogens with one attached hydrogen (secondary N) is 2. The highest BCUT2D eigenvalue weighted by molar-refractivity contribution is 9.10. The fraction of sp³-hybridized carbons (Fsp3) is 0.214. The van der Waals surface area contributed by atoms with E-state index in [1.165, 1.54) is 18.0 Å². The molecule has 0 fully saturated rings. The fourth-order valence-corrected chi connectivity index (χ4v) is 3.04. The number of rotatable bonds is 6. The van der Waals surface area contributed by atoms with E-state index >= 15 is 0 Å². The van der Waals surface area contributed by atoms with Crippen LogP contribution in [0.1, 0.15) is 23.0 Å². The third kappa shape index (κ3) is 4.98. The zero-order valence-corrected chi connectivity index (χ0v) is 15.1. The quantitative estimate of drug-likeness (QED) is 0.453. The Kier molecular flexibility index (Phi) is 6.11. The number of hydrogen-bond donors (Lipinski definition) is 3. The van der Waals surface area contributed by atoms with Crippen molar-refractivity contribution in [3.63, 3.8) is 0 Å². The first kappa shape index (κ1) is 19.3. The molecule has 0 bridgehead atoms. The molecule has 0 aliphatic carbocycles. The number of hydrazine groups is 1. The van der Waals surface area contributed by atoms with Crippen LogP contribution in [0.5, 0.6) is 0 Å². The van der Waals surface area contributed by atoms with E-state index in [2.05, 4.69) is 36.7 Å². The van der Waals surface area contributed by atoms with Crippen molar-refractivity contribution < 1.29 is 23.1 Å². The zero-order chi connectivity index (χ0) is 18.6. The number of aromatic nitrogens is 2. The number of hydrogen-bond acceptors (Lipinski definition) is 6. The van der Waals surface area contributed by atoms with Gasteiger partial charge in [0, 0.05) is 16.9 Å². The summed E-state index contributed by atoms with van der Waals surface area (Å²) < 4.78 is 39.1. The molecule has 2 heterocycles. The molecule has 0 unspecified atom stereocenters. The highest BCUT2D eigenvalue weighted by atomic mass is 79.9. The van der Waals surface area contributed by atoms with Crippen molar-refractivity contribution in [2.45, 2.75) is 18.0 Å². The van der Waals surface area contributed by atoms with Gasteiger partial charge in [-0.15, -0.1) is 11.8 Å². The van der Waals surface area contributed by atoms with Crippen LogP contribution in [0.15, 0.2) is 33.9 Å². The van der Waals surface area contributed by atoms with Crippen molar-refractivity contribution in [1.29, 1.82) is 0 Å². The molecule has 2 rings (SSSR count). The van der Waals surface area contributed by atoms with Crippen LogP contribution in [-0.2, 0) is 6.18 Å². The first-order chi connectivity index (χ1) is 11.7. The Morgan fingerprint density at radius 3 is 2.60 bits per heavy atom. The standard InChI is InChI=1S/C14H12BrF3N4O2S/c1-2-25-10-3-7(15)5-20-12(10)22-21-9-4-11(14(16,17)18)19-6-8(9)13(23)24/h3-6H,2H2,1H3,(H,19,21)(H,20,22)(H,23,24). The monoisotopic (exact) mass is 436 g/mol. The Labute approximate surface area is 153 Å². The minimum absolute atomic E-state index is 0.271. The second-order valence-electron chi connectivity index (χ2n) is 4.60. The van der Waals surface area contributed by atoms with Gasteiger partial charge in [-0.1, -0.05) is 6.92 Å². The molecular weight excluding hydrogens is 425 g/mol. The Balaban J connectivity index is 2.32. The maximum Gasteiger partial charge on any atom is 0.433 e. The van der Waals surface area contributed by atoms with Crippen LogP contribution in [0.25, 0.3) is 0 Å². The number of anilines is 2. The first-order valence-electron chi connectivity index (χ1n) is 6.83. The molecule has 11 heteroatoms. The van der Waals surface area contributed by atoms with Crippen molar-refractivity contribution in [2.75, 3.05) is 16.6 Å². The van der Waals surface area contributed by atoms with Crippen LogP contribution in [0, 0.1) is 0 Å². The lowest BCUT2D eigenvalue weighted by atomic mass is 10.2. The number of thioether (sulfide) groups is 1. The van der Waals surface area contributed by atoms with Crippen LogP contribution >= 0.6 is 27.7 Å². The number of halogens is 4. The van der Waals surface area contributed by atoms with Crippen LogP contribution < -0.4 is 10.9 Å². The minimum atomic E-state index is -4.69. The molecule has 2 aromatic rings. The van der Waals surface area contributed by atoms with E-state index in [9.17, 15) is 18.0 Å². The highest BCUT2D eigenvalue weighted by Crippen LogP contribution is 2.31. The van der Waals surface area contributed by atoms with Gasteiger partial charge in [0.05, 0.1) is 10.6 Å². The fourth-order valence-electron chi connectivity index (χ4n) is 1.79. The number of carbonyl (C=O) groups is 1. The van der Waals surface area contributed by atoms with Gasteiger partial charge in [-0.2, -0.15) is 13.2 Å². The van der Waals surface area contributed by atoms with Gasteiger partial charge in [-0.3, -0.25) is 15.8 Å². The second kappa shape index (κ2) is 7.91. The van der Waals surface area contributed by atoms with Crippen molar-refractivity contribution in [2.24, 2.45) is 0 Å². The van der Waals surface area contributed by atoms with Gasteiger partial charge >= 0.3 is 12.1 Å². The Bertz CT molecular complexity index is 789. The van der Waals surface area contributed by atoms with Crippen molar-refractivity contribution in [3.8, 4) is 0 Å². The molecule has 0 atom stereocenters. The average molecular weight is 437 g/mol. The van der Waals surface area contributed by atoms with Crippen molar-refractivity contribution in [3.05, 3.63) is 40.3 Å². The molecule has 0 radical (unpaired) electrons. The molecule has 0 saturated heterocycles. The topological polar surface area (TPSA) is 87.1 Å². The predicted octanol–water partition coefficient (Wildman–Crippen LogP) is 4.51. The van der Waals surface area contributed by atoms with Gasteiger partial charge in [0.2, 0.25) is 0 Å². The predicted molar refractivity (Wildman–Crippen MR) is 91.8 cm³/mol. The van der Waals surface area contributed by atoms with Gasteiger partial charge < -0.3 is 5.11 Å². The lowest BCUT2D eigenvalue weighted by Crippen LogP contribution is -2.17. The molecule has 0 aliphatic rings. The van der Waals surface area contributed by atoms with E-state index in [0.717, 1.165) is 15.1 Å². The summed E-state index contributed by atoms with van der Waals surface area (Å²) in [6, 6.07) is 2.42. The minimum Gasteiger partial charge on any atom is -0.478 e. The maximum absolute atomic E-state index is 12.8. The molecule has 0 saturated carbocycles. The number of pyridine rings is 2. The van der Waals surface area contributed by atoms with Crippen molar-refractivity contribution in [1.82, 2.24) is 9.97 Å². The van der Waals surface area contributed by atoms with E-state index in [1.807, 2.05) is 6.92 Å². The molecule has 134 valence electrons. The summed E-state index contributed by atoms with van der Waals surface area (Å²) in [6.45, 7) is 1.93. The SMILES string of the molecule is CCSc1cc(Br)cnc1NNc1cc(C(F)(F)F)ncc1C(=O)O. The normalized spacial score (nSPS) is 11.2. The number of carboxylic acid groups (broad SMARTS) is 1. The molecule has 2 aromatic heterocycles. The average Bonchev–Trinajstić information content (AvgIpc) is 2.53. The molecule has 0 aromatic carbocycles. The largest absolute Gasteiger partial charge is 0.478 e. The number of carboxylic acids is 1. The summed E-state index contributed by atoms with van der Waals surface area (Å²) in [7, 11) is 0. The van der Waals surface area contributed by atoms with E-state index in [0.29, 0.717) is 18.1 Å². The Morgan fingerprint density at radius 2 is 2.00 bits per heavy atom. The Hall–Kier alpha value is -2.01. The number of aromatic carboxylic acids is 1. The lowest BCUT2D eigenvalue weighted by Gasteiger charge is -2.15. The van der Waals surface area contributed by atoms with Crippen molar-refractivity contribution >= 4 is 45.2 Å². The van der Waals surface area contributed by atoms with Crippen LogP contribution in [0.4, 0.5) is 24.7 Å². The molecule has 25 heavy (non-hydrogen) atoms. The summed E-state index contributed by atoms with van der Waals surface area (Å²) in [5, 5.41) is 9.12. The molecular formula is C14H12BrF3N4O2S. The van der Waals surface area contributed by atoms with Crippen LogP contribution in [-0.4, -0.2) is 26.8 Å². The van der Waals surface area contributed by atoms with Gasteiger partial charge in [0.25, 0.3) is 0 Å². The summed E-state index contributed by atoms with van der Waals surface area (Å²) in [6.07, 6.45) is -2.52. The highest BCUT2D eigenvalue weighted by Gasteiger charge is 2.33. The smallest absolute Gasteiger partial charge is 0.433 e. The number of nitrogens with zero attached hydrogens (tertiary/aromatic N) is 2. The summed E-state index contributed by atoms with van der Waals surface area (Å²) in [5.41, 5.74) is 3.26. The Morgan fingerprint density at radius 1 is 1.28 bits per heavy atom. The molecule has 0 spiro atoms. The third-order valence-electron chi connectivity index (χ3n) is 2.86. The van der Waals surface area contributed by atoms with E-state index in [-0.39, 0.29) is 5.69 Å². The van der Waals surface area contributed by atoms with Gasteiger partial charge in [0.15, 0.2) is 5.82 Å². The first-order valence-corrected chi connectivity index (χ1v) is 8.61. The maximum atomic E-state index is 12.8. The summed E-state index contributed by atoms with van der Waals surface area (Å²) in [5.74, 6) is -0.296. The van der Waals surface area contributed by atoms with Gasteiger partial charge in [-0.25, -0.2) is 9.78 Å². The van der Waals surface area contributed by atoms with E-state index < -0.39 is 23.4 Å².